The van der Waals surface area contributed by atoms with Crippen LogP contribution in [0.5, 0.6) is 0 Å². The molecule has 0 aromatic heterocycles. The van der Waals surface area contributed by atoms with Crippen LogP contribution in [-0.2, 0) is 6.42 Å². The second-order valence-corrected chi connectivity index (χ2v) is 5.88. The number of allylic oxidation sites excluding steroid dienone is 1. The van der Waals surface area contributed by atoms with E-state index in [1.165, 1.54) is 5.56 Å². The monoisotopic (exact) mass is 344 g/mol. The molecule has 130 valence electrons. The molecule has 0 radical (unpaired) electrons. The third-order valence-electron chi connectivity index (χ3n) is 3.85. The Morgan fingerprint density at radius 2 is 1.58 bits per heavy atom. The van der Waals surface area contributed by atoms with Gasteiger partial charge in [-0.1, -0.05) is 66.7 Å². The second-order valence-electron chi connectivity index (χ2n) is 5.88. The van der Waals surface area contributed by atoms with Gasteiger partial charge in [0.05, 0.1) is 11.3 Å². The Kier molecular flexibility index (Phi) is 5.68. The molecular weight excluding hydrogens is 324 g/mol. The zero-order valence-electron chi connectivity index (χ0n) is 14.2. The first kappa shape index (κ1) is 17.3. The Balaban J connectivity index is 1.78. The summed E-state index contributed by atoms with van der Waals surface area (Å²) in [5.74, 6) is -0.946. The molecule has 0 bridgehead atoms. The first-order valence-electron chi connectivity index (χ1n) is 8.35. The van der Waals surface area contributed by atoms with E-state index in [1.807, 2.05) is 54.6 Å². The molecule has 0 amide bonds. The van der Waals surface area contributed by atoms with Crippen molar-refractivity contribution in [3.05, 3.63) is 107 Å². The molecule has 3 rings (SSSR count). The molecule has 3 N–H and O–H groups in total. The highest BCUT2D eigenvalue weighted by atomic mass is 16.4. The Labute approximate surface area is 152 Å². The number of hydrogen-bond donors (Lipinski definition) is 3. The summed E-state index contributed by atoms with van der Waals surface area (Å²) in [5.41, 5.74) is 10.5. The van der Waals surface area contributed by atoms with E-state index in [2.05, 4.69) is 29.1 Å². The summed E-state index contributed by atoms with van der Waals surface area (Å²) < 4.78 is 0. The summed E-state index contributed by atoms with van der Waals surface area (Å²) in [5, 5.41) is 9.12. The number of hydrogen-bond acceptors (Lipinski definition) is 3. The molecule has 0 heterocycles. The van der Waals surface area contributed by atoms with Crippen LogP contribution in [0.2, 0.25) is 0 Å². The van der Waals surface area contributed by atoms with Gasteiger partial charge >= 0.3 is 5.97 Å². The lowest BCUT2D eigenvalue weighted by molar-refractivity contribution is 0.0697. The lowest BCUT2D eigenvalue weighted by Crippen LogP contribution is -2.22. The maximum atomic E-state index is 11.1. The number of hydrazine groups is 1. The number of carboxylic acid groups (broad SMARTS) is 1. The van der Waals surface area contributed by atoms with Gasteiger partial charge in [-0.25, -0.2) is 4.79 Å². The van der Waals surface area contributed by atoms with Crippen molar-refractivity contribution in [3.63, 3.8) is 0 Å². The smallest absolute Gasteiger partial charge is 0.335 e. The number of nitrogens with one attached hydrogen (secondary N) is 2. The van der Waals surface area contributed by atoms with Gasteiger partial charge in [-0.3, -0.25) is 0 Å². The van der Waals surface area contributed by atoms with E-state index in [0.717, 1.165) is 17.7 Å². The van der Waals surface area contributed by atoms with E-state index in [9.17, 15) is 4.79 Å². The summed E-state index contributed by atoms with van der Waals surface area (Å²) in [4.78, 5) is 11.1. The van der Waals surface area contributed by atoms with Crippen LogP contribution in [0.15, 0.2) is 90.6 Å². The Hall–Kier alpha value is -3.53. The third-order valence-corrected chi connectivity index (χ3v) is 3.85. The largest absolute Gasteiger partial charge is 0.478 e. The van der Waals surface area contributed by atoms with Crippen LogP contribution in [0.3, 0.4) is 0 Å². The van der Waals surface area contributed by atoms with Crippen LogP contribution in [-0.4, -0.2) is 11.1 Å². The maximum absolute atomic E-state index is 11.1. The summed E-state index contributed by atoms with van der Waals surface area (Å²) >= 11 is 0. The number of anilines is 1. The molecule has 4 nitrogen and oxygen atoms in total. The summed E-state index contributed by atoms with van der Waals surface area (Å²) in [6, 6.07) is 26.9. The fraction of sp³-hybridized carbons (Fsp3) is 0.0455. The SMILES string of the molecule is O=C(O)c1cccc(NNC(=Cc2ccccc2)Cc2ccccc2)c1. The maximum Gasteiger partial charge on any atom is 0.335 e. The van der Waals surface area contributed by atoms with Crippen molar-refractivity contribution in [2.24, 2.45) is 0 Å². The zero-order valence-corrected chi connectivity index (χ0v) is 14.2. The van der Waals surface area contributed by atoms with Crippen molar-refractivity contribution in [1.29, 1.82) is 0 Å². The number of aromatic carboxylic acids is 1. The van der Waals surface area contributed by atoms with Crippen LogP contribution < -0.4 is 10.9 Å². The predicted octanol–water partition coefficient (Wildman–Crippen LogP) is 4.59. The van der Waals surface area contributed by atoms with Crippen molar-refractivity contribution in [2.45, 2.75) is 6.42 Å². The van der Waals surface area contributed by atoms with Crippen LogP contribution in [0.4, 0.5) is 5.69 Å². The third kappa shape index (κ3) is 4.98. The van der Waals surface area contributed by atoms with Gasteiger partial charge in [-0.2, -0.15) is 0 Å². The van der Waals surface area contributed by atoms with Crippen LogP contribution >= 0.6 is 0 Å². The molecule has 0 aliphatic carbocycles. The van der Waals surface area contributed by atoms with Crippen molar-refractivity contribution >= 4 is 17.7 Å². The van der Waals surface area contributed by atoms with E-state index in [-0.39, 0.29) is 5.56 Å². The number of rotatable bonds is 7. The van der Waals surface area contributed by atoms with Gasteiger partial charge in [0, 0.05) is 12.1 Å². The van der Waals surface area contributed by atoms with E-state index in [1.54, 1.807) is 18.2 Å². The van der Waals surface area contributed by atoms with Crippen molar-refractivity contribution in [3.8, 4) is 0 Å². The standard InChI is InChI=1S/C22H20N2O2/c25-22(26)19-12-7-13-20(16-19)23-24-21(14-17-8-3-1-4-9-17)15-18-10-5-2-6-11-18/h1-14,16,23-24H,15H2,(H,25,26). The van der Waals surface area contributed by atoms with Gasteiger partial charge in [0.1, 0.15) is 0 Å². The summed E-state index contributed by atoms with van der Waals surface area (Å²) in [7, 11) is 0. The van der Waals surface area contributed by atoms with Crippen molar-refractivity contribution < 1.29 is 9.90 Å². The molecule has 0 aliphatic rings. The topological polar surface area (TPSA) is 61.4 Å². The van der Waals surface area contributed by atoms with E-state index >= 15 is 0 Å². The Morgan fingerprint density at radius 1 is 0.885 bits per heavy atom. The molecule has 4 heteroatoms. The first-order chi connectivity index (χ1) is 12.7. The average Bonchev–Trinajstić information content (AvgIpc) is 2.68. The predicted molar refractivity (Wildman–Crippen MR) is 105 cm³/mol. The minimum atomic E-state index is -0.946. The second kappa shape index (κ2) is 8.53. The first-order valence-corrected chi connectivity index (χ1v) is 8.35. The highest BCUT2D eigenvalue weighted by molar-refractivity contribution is 5.88. The van der Waals surface area contributed by atoms with Crippen LogP contribution in [0.25, 0.3) is 6.08 Å². The quantitative estimate of drug-likeness (QED) is 0.549. The normalized spacial score (nSPS) is 11.0. The number of carboxylic acids is 1. The van der Waals surface area contributed by atoms with Crippen molar-refractivity contribution in [1.82, 2.24) is 5.43 Å². The number of benzene rings is 3. The van der Waals surface area contributed by atoms with Crippen LogP contribution in [0.1, 0.15) is 21.5 Å². The molecule has 0 unspecified atom stereocenters. The van der Waals surface area contributed by atoms with Crippen LogP contribution in [0, 0.1) is 0 Å². The molecule has 0 atom stereocenters. The minimum Gasteiger partial charge on any atom is -0.478 e. The Bertz CT molecular complexity index is 890. The molecule has 3 aromatic carbocycles. The van der Waals surface area contributed by atoms with Gasteiger partial charge in [0.15, 0.2) is 0 Å². The highest BCUT2D eigenvalue weighted by Gasteiger charge is 2.04. The zero-order chi connectivity index (χ0) is 18.2. The number of carbonyl (C=O) groups is 1. The molecule has 26 heavy (non-hydrogen) atoms. The van der Waals surface area contributed by atoms with E-state index < -0.39 is 5.97 Å². The Morgan fingerprint density at radius 3 is 2.27 bits per heavy atom. The van der Waals surface area contributed by atoms with Gasteiger partial charge in [-0.15, -0.1) is 0 Å². The van der Waals surface area contributed by atoms with Gasteiger partial charge in [0.2, 0.25) is 0 Å². The van der Waals surface area contributed by atoms with Gasteiger partial charge in [-0.05, 0) is 35.4 Å². The lowest BCUT2D eigenvalue weighted by atomic mass is 10.1. The fourth-order valence-corrected chi connectivity index (χ4v) is 2.58. The lowest BCUT2D eigenvalue weighted by Gasteiger charge is -2.14. The molecule has 0 aliphatic heterocycles. The van der Waals surface area contributed by atoms with Crippen molar-refractivity contribution in [2.75, 3.05) is 5.43 Å². The summed E-state index contributed by atoms with van der Waals surface area (Å²) in [6.45, 7) is 0. The van der Waals surface area contributed by atoms with E-state index in [0.29, 0.717) is 5.69 Å². The molecule has 0 fully saturated rings. The molecule has 0 saturated heterocycles. The molecular formula is C22H20N2O2. The highest BCUT2D eigenvalue weighted by Crippen LogP contribution is 2.13. The van der Waals surface area contributed by atoms with Gasteiger partial charge < -0.3 is 16.0 Å². The molecule has 0 saturated carbocycles. The molecule has 3 aromatic rings. The summed E-state index contributed by atoms with van der Waals surface area (Å²) in [6.07, 6.45) is 2.79. The molecule has 0 spiro atoms. The minimum absolute atomic E-state index is 0.244. The fourth-order valence-electron chi connectivity index (χ4n) is 2.58. The van der Waals surface area contributed by atoms with Gasteiger partial charge in [0.25, 0.3) is 0 Å². The average molecular weight is 344 g/mol. The van der Waals surface area contributed by atoms with E-state index in [4.69, 9.17) is 5.11 Å².